The van der Waals surface area contributed by atoms with E-state index in [1.54, 1.807) is 6.20 Å². The van der Waals surface area contributed by atoms with E-state index in [0.29, 0.717) is 25.0 Å². The Kier molecular flexibility index (Phi) is 9.36. The molecule has 1 aromatic heterocycles. The maximum Gasteiger partial charge on any atom is 0.213 e. The monoisotopic (exact) mass is 469 g/mol. The van der Waals surface area contributed by atoms with Crippen LogP contribution >= 0.6 is 24.0 Å². The largest absolute Gasteiger partial charge is 0.476 e. The van der Waals surface area contributed by atoms with Crippen molar-refractivity contribution in [3.8, 4) is 5.88 Å². The van der Waals surface area contributed by atoms with Gasteiger partial charge in [0.1, 0.15) is 6.61 Å². The highest BCUT2D eigenvalue weighted by Crippen LogP contribution is 2.14. The van der Waals surface area contributed by atoms with E-state index >= 15 is 0 Å². The number of guanidine groups is 1. The van der Waals surface area contributed by atoms with Crippen LogP contribution in [0.15, 0.2) is 41.5 Å². The zero-order valence-corrected chi connectivity index (χ0v) is 18.2. The Morgan fingerprint density at radius 1 is 1.19 bits per heavy atom. The van der Waals surface area contributed by atoms with E-state index in [0.717, 1.165) is 17.8 Å². The first kappa shape index (κ1) is 22.2. The normalized spacial score (nSPS) is 11.2. The van der Waals surface area contributed by atoms with E-state index in [1.807, 2.05) is 32.3 Å². The number of halogens is 1. The van der Waals surface area contributed by atoms with Crippen LogP contribution in [0.25, 0.3) is 0 Å². The summed E-state index contributed by atoms with van der Waals surface area (Å²) in [4.78, 5) is 10.7. The predicted molar refractivity (Wildman–Crippen MR) is 119 cm³/mol. The van der Waals surface area contributed by atoms with Crippen LogP contribution < -0.4 is 15.8 Å². The van der Waals surface area contributed by atoms with Crippen molar-refractivity contribution in [3.63, 3.8) is 0 Å². The molecule has 0 aliphatic carbocycles. The Morgan fingerprint density at radius 3 is 2.65 bits per heavy atom. The molecule has 0 fully saturated rings. The second-order valence-electron chi connectivity index (χ2n) is 6.28. The number of pyridine rings is 1. The van der Waals surface area contributed by atoms with Gasteiger partial charge in [0.05, 0.1) is 6.54 Å². The topological polar surface area (TPSA) is 75.8 Å². The van der Waals surface area contributed by atoms with E-state index in [1.165, 1.54) is 11.1 Å². The summed E-state index contributed by atoms with van der Waals surface area (Å²) in [7, 11) is 4.01. The van der Waals surface area contributed by atoms with Crippen LogP contribution in [-0.2, 0) is 6.54 Å². The number of anilines is 1. The van der Waals surface area contributed by atoms with Gasteiger partial charge in [0.2, 0.25) is 5.88 Å². The number of ether oxygens (including phenoxy) is 1. The minimum atomic E-state index is 0. The van der Waals surface area contributed by atoms with Gasteiger partial charge >= 0.3 is 0 Å². The summed E-state index contributed by atoms with van der Waals surface area (Å²) in [6.45, 7) is 6.07. The predicted octanol–water partition coefficient (Wildman–Crippen LogP) is 3.18. The summed E-state index contributed by atoms with van der Waals surface area (Å²) in [6.07, 6.45) is 1.72. The number of likely N-dealkylation sites (N-methyl/N-ethyl adjacent to an activating group) is 1. The van der Waals surface area contributed by atoms with E-state index in [9.17, 15) is 0 Å². The summed E-state index contributed by atoms with van der Waals surface area (Å²) in [5.41, 5.74) is 10.4. The number of nitrogens with two attached hydrogens (primary N) is 1. The Morgan fingerprint density at radius 2 is 1.96 bits per heavy atom. The number of benzene rings is 1. The molecule has 7 heteroatoms. The maximum atomic E-state index is 5.98. The van der Waals surface area contributed by atoms with Gasteiger partial charge in [-0.3, -0.25) is 0 Å². The average molecular weight is 469 g/mol. The van der Waals surface area contributed by atoms with Gasteiger partial charge in [0, 0.05) is 24.5 Å². The van der Waals surface area contributed by atoms with E-state index in [-0.39, 0.29) is 24.0 Å². The van der Waals surface area contributed by atoms with Crippen LogP contribution in [0.5, 0.6) is 5.88 Å². The highest BCUT2D eigenvalue weighted by Gasteiger charge is 2.01. The number of nitrogens with one attached hydrogen (secondary N) is 1. The van der Waals surface area contributed by atoms with Crippen LogP contribution in [-0.4, -0.2) is 43.1 Å². The summed E-state index contributed by atoms with van der Waals surface area (Å²) in [6, 6.07) is 9.91. The number of nitrogens with zero attached hydrogens (tertiary/aromatic N) is 3. The summed E-state index contributed by atoms with van der Waals surface area (Å²) < 4.78 is 5.64. The Bertz CT molecular complexity index is 734. The lowest BCUT2D eigenvalue weighted by molar-refractivity contribution is 0.253. The van der Waals surface area contributed by atoms with Gasteiger partial charge in [-0.25, -0.2) is 9.98 Å². The molecule has 0 saturated heterocycles. The lowest BCUT2D eigenvalue weighted by atomic mass is 10.1. The molecule has 0 saturated carbocycles. The first-order valence-electron chi connectivity index (χ1n) is 8.30. The fourth-order valence-corrected chi connectivity index (χ4v) is 2.14. The number of aliphatic imine (C=N–C) groups is 1. The fraction of sp³-hybridized carbons (Fsp3) is 0.368. The molecule has 0 spiro atoms. The van der Waals surface area contributed by atoms with Gasteiger partial charge in [-0.1, -0.05) is 6.07 Å². The molecule has 2 rings (SSSR count). The number of hydrogen-bond donors (Lipinski definition) is 2. The number of hydrogen-bond acceptors (Lipinski definition) is 4. The van der Waals surface area contributed by atoms with Gasteiger partial charge in [-0.2, -0.15) is 0 Å². The fourth-order valence-electron chi connectivity index (χ4n) is 2.14. The van der Waals surface area contributed by atoms with Crippen molar-refractivity contribution in [1.82, 2.24) is 9.88 Å². The molecule has 6 nitrogen and oxygen atoms in total. The Labute approximate surface area is 172 Å². The zero-order chi connectivity index (χ0) is 18.2. The highest BCUT2D eigenvalue weighted by molar-refractivity contribution is 14.0. The molecular formula is C19H28IN5O. The molecule has 0 radical (unpaired) electrons. The standard InChI is InChI=1S/C19H27N5O.HI/c1-14-5-6-17(11-15(14)2)23-19(20)22-13-16-7-8-21-18(12-16)25-10-9-24(3)4;/h5-8,11-12H,9-10,13H2,1-4H3,(H3,20,22,23);1H. The molecule has 2 aromatic rings. The summed E-state index contributed by atoms with van der Waals surface area (Å²) >= 11 is 0. The lowest BCUT2D eigenvalue weighted by Crippen LogP contribution is -2.22. The average Bonchev–Trinajstić information content (AvgIpc) is 2.56. The van der Waals surface area contributed by atoms with Crippen LogP contribution in [0.3, 0.4) is 0 Å². The van der Waals surface area contributed by atoms with Crippen molar-refractivity contribution in [2.75, 3.05) is 32.6 Å². The third kappa shape index (κ3) is 7.57. The molecule has 0 aliphatic heterocycles. The van der Waals surface area contributed by atoms with Crippen molar-refractivity contribution in [2.45, 2.75) is 20.4 Å². The third-order valence-electron chi connectivity index (χ3n) is 3.80. The van der Waals surface area contributed by atoms with E-state index < -0.39 is 0 Å². The lowest BCUT2D eigenvalue weighted by Gasteiger charge is -2.11. The van der Waals surface area contributed by atoms with Crippen molar-refractivity contribution in [1.29, 1.82) is 0 Å². The minimum absolute atomic E-state index is 0. The molecule has 0 bridgehead atoms. The molecule has 142 valence electrons. The smallest absolute Gasteiger partial charge is 0.213 e. The molecule has 26 heavy (non-hydrogen) atoms. The van der Waals surface area contributed by atoms with Crippen molar-refractivity contribution < 1.29 is 4.74 Å². The number of aryl methyl sites for hydroxylation is 2. The Balaban J connectivity index is 0.00000338. The van der Waals surface area contributed by atoms with Gasteiger partial charge in [0.25, 0.3) is 0 Å². The van der Waals surface area contributed by atoms with Crippen LogP contribution in [0.1, 0.15) is 16.7 Å². The van der Waals surface area contributed by atoms with Crippen molar-refractivity contribution in [2.24, 2.45) is 10.7 Å². The molecular weight excluding hydrogens is 441 g/mol. The second-order valence-corrected chi connectivity index (χ2v) is 6.28. The molecule has 1 heterocycles. The number of rotatable bonds is 7. The molecule has 0 atom stereocenters. The van der Waals surface area contributed by atoms with E-state index in [4.69, 9.17) is 10.5 Å². The zero-order valence-electron chi connectivity index (χ0n) is 15.8. The van der Waals surface area contributed by atoms with Crippen LogP contribution in [0, 0.1) is 13.8 Å². The molecule has 1 aromatic carbocycles. The minimum Gasteiger partial charge on any atom is -0.476 e. The first-order valence-corrected chi connectivity index (χ1v) is 8.30. The molecule has 0 unspecified atom stereocenters. The SMILES string of the molecule is Cc1ccc(NC(N)=NCc2ccnc(OCCN(C)C)c2)cc1C.I. The van der Waals surface area contributed by atoms with Gasteiger partial charge in [-0.05, 0) is 62.8 Å². The quantitative estimate of drug-likeness (QED) is 0.370. The van der Waals surface area contributed by atoms with E-state index in [2.05, 4.69) is 46.2 Å². The summed E-state index contributed by atoms with van der Waals surface area (Å²) in [5.74, 6) is 0.991. The third-order valence-corrected chi connectivity index (χ3v) is 3.80. The molecule has 0 aliphatic rings. The van der Waals surface area contributed by atoms with Crippen LogP contribution in [0.4, 0.5) is 5.69 Å². The second kappa shape index (κ2) is 11.0. The molecule has 3 N–H and O–H groups in total. The van der Waals surface area contributed by atoms with Crippen molar-refractivity contribution in [3.05, 3.63) is 53.2 Å². The first-order chi connectivity index (χ1) is 11.9. The van der Waals surface area contributed by atoms with Crippen molar-refractivity contribution >= 4 is 35.6 Å². The highest BCUT2D eigenvalue weighted by atomic mass is 127. The Hall–Kier alpha value is -1.87. The summed E-state index contributed by atoms with van der Waals surface area (Å²) in [5, 5.41) is 3.12. The maximum absolute atomic E-state index is 5.98. The van der Waals surface area contributed by atoms with Gasteiger partial charge < -0.3 is 20.7 Å². The van der Waals surface area contributed by atoms with Gasteiger partial charge in [0.15, 0.2) is 5.96 Å². The molecule has 0 amide bonds. The number of aromatic nitrogens is 1. The van der Waals surface area contributed by atoms with Gasteiger partial charge in [-0.15, -0.1) is 24.0 Å². The van der Waals surface area contributed by atoms with Crippen LogP contribution in [0.2, 0.25) is 0 Å².